The maximum atomic E-state index is 14.6. The average Bonchev–Trinajstić information content (AvgIpc) is 3.84. The van der Waals surface area contributed by atoms with Crippen LogP contribution in [0.15, 0.2) is 66.7 Å². The number of hydrogen-bond acceptors (Lipinski definition) is 6. The molecule has 3 aromatic carbocycles. The zero-order valence-electron chi connectivity index (χ0n) is 25.5. The van der Waals surface area contributed by atoms with E-state index in [2.05, 4.69) is 15.5 Å². The van der Waals surface area contributed by atoms with E-state index in [4.69, 9.17) is 21.3 Å². The Kier molecular flexibility index (Phi) is 9.25. The minimum atomic E-state index is -4.55. The van der Waals surface area contributed by atoms with Crippen LogP contribution in [-0.2, 0) is 18.3 Å². The topological polar surface area (TPSA) is 86.7 Å². The number of pyridine rings is 1. The molecule has 1 saturated carbocycles. The summed E-state index contributed by atoms with van der Waals surface area (Å²) in [6.07, 6.45) is -1.38. The predicted molar refractivity (Wildman–Crippen MR) is 172 cm³/mol. The van der Waals surface area contributed by atoms with Crippen LogP contribution >= 0.6 is 11.6 Å². The number of hydrogen-bond donors (Lipinski definition) is 3. The van der Waals surface area contributed by atoms with E-state index >= 15 is 0 Å². The van der Waals surface area contributed by atoms with Crippen molar-refractivity contribution in [1.82, 2.24) is 20.5 Å². The molecular weight excluding hydrogens is 617 g/mol. The van der Waals surface area contributed by atoms with Gasteiger partial charge in [-0.05, 0) is 62.5 Å². The molecule has 1 saturated heterocycles. The summed E-state index contributed by atoms with van der Waals surface area (Å²) in [6.45, 7) is 2.26. The Labute approximate surface area is 270 Å². The zero-order chi connectivity index (χ0) is 32.5. The van der Waals surface area contributed by atoms with Gasteiger partial charge in [0.25, 0.3) is 5.91 Å². The lowest BCUT2D eigenvalue weighted by atomic mass is 9.93. The van der Waals surface area contributed by atoms with Crippen LogP contribution in [-0.4, -0.2) is 60.3 Å². The highest BCUT2D eigenvalue weighted by molar-refractivity contribution is 6.33. The van der Waals surface area contributed by atoms with Gasteiger partial charge in [-0.2, -0.15) is 13.2 Å². The van der Waals surface area contributed by atoms with Gasteiger partial charge in [-0.25, -0.2) is 4.98 Å². The standard InChI is InChI=1S/C35H36ClF3N4O3/c1-46-30-20-29-26(19-28(30)36)31(33(45)42-34(12-13-34)23-7-3-2-4-8-23)27(21-43-15-10-25(11-16-43)40-14-17-44)32(41-29)22-6-5-9-24(18-22)35(37,38)39/h2-9,18-20,25,40,44H,10-17,21H2,1H3,(H,42,45). The second kappa shape index (κ2) is 13.2. The van der Waals surface area contributed by atoms with E-state index in [-0.39, 0.29) is 24.1 Å². The van der Waals surface area contributed by atoms with E-state index < -0.39 is 17.3 Å². The Balaban J connectivity index is 1.51. The second-order valence-corrected chi connectivity index (χ2v) is 12.4. The molecule has 46 heavy (non-hydrogen) atoms. The number of alkyl halides is 3. The molecule has 2 aliphatic rings. The molecule has 1 aliphatic carbocycles. The number of benzene rings is 3. The van der Waals surface area contributed by atoms with Crippen molar-refractivity contribution in [3.63, 3.8) is 0 Å². The predicted octanol–water partition coefficient (Wildman–Crippen LogP) is 6.55. The number of nitrogens with zero attached hydrogens (tertiary/aromatic N) is 2. The number of carbonyl (C=O) groups excluding carboxylic acids is 1. The number of aliphatic hydroxyl groups is 1. The van der Waals surface area contributed by atoms with Crippen molar-refractivity contribution >= 4 is 28.4 Å². The molecule has 2 heterocycles. The second-order valence-electron chi connectivity index (χ2n) is 12.0. The summed E-state index contributed by atoms with van der Waals surface area (Å²) < 4.78 is 47.1. The Morgan fingerprint density at radius 1 is 1.09 bits per heavy atom. The van der Waals surface area contributed by atoms with Gasteiger partial charge in [0.05, 0.1) is 46.6 Å². The molecule has 0 radical (unpaired) electrons. The maximum absolute atomic E-state index is 14.6. The van der Waals surface area contributed by atoms with Gasteiger partial charge < -0.3 is 20.5 Å². The summed E-state index contributed by atoms with van der Waals surface area (Å²) in [7, 11) is 1.47. The first-order valence-electron chi connectivity index (χ1n) is 15.4. The zero-order valence-corrected chi connectivity index (χ0v) is 26.2. The van der Waals surface area contributed by atoms with Crippen LogP contribution in [0.1, 0.15) is 52.7 Å². The number of ether oxygens (including phenoxy) is 1. The summed E-state index contributed by atoms with van der Waals surface area (Å²) >= 11 is 6.61. The van der Waals surface area contributed by atoms with Crippen molar-refractivity contribution in [3.8, 4) is 17.0 Å². The fraction of sp³-hybridized carbons (Fsp3) is 0.371. The molecule has 4 aromatic rings. The van der Waals surface area contributed by atoms with Crippen LogP contribution in [0.4, 0.5) is 13.2 Å². The molecule has 7 nitrogen and oxygen atoms in total. The first-order chi connectivity index (χ1) is 22.1. The minimum absolute atomic E-state index is 0.0552. The highest BCUT2D eigenvalue weighted by Crippen LogP contribution is 2.46. The lowest BCUT2D eigenvalue weighted by molar-refractivity contribution is -0.137. The van der Waals surface area contributed by atoms with Crippen LogP contribution < -0.4 is 15.4 Å². The number of nitrogens with one attached hydrogen (secondary N) is 2. The normalized spacial score (nSPS) is 16.8. The number of piperidine rings is 1. The molecule has 2 fully saturated rings. The molecule has 1 aliphatic heterocycles. The van der Waals surface area contributed by atoms with Crippen LogP contribution in [0.3, 0.4) is 0 Å². The minimum Gasteiger partial charge on any atom is -0.495 e. The number of likely N-dealkylation sites (tertiary alicyclic amines) is 1. The van der Waals surface area contributed by atoms with Gasteiger partial charge in [0.15, 0.2) is 0 Å². The number of aliphatic hydroxyl groups excluding tert-OH is 1. The Bertz CT molecular complexity index is 1720. The van der Waals surface area contributed by atoms with E-state index in [0.29, 0.717) is 64.7 Å². The third-order valence-electron chi connectivity index (χ3n) is 8.99. The molecule has 0 atom stereocenters. The smallest absolute Gasteiger partial charge is 0.416 e. The molecule has 6 rings (SSSR count). The van der Waals surface area contributed by atoms with Crippen LogP contribution in [0, 0.1) is 0 Å². The number of amides is 1. The van der Waals surface area contributed by atoms with Crippen LogP contribution in [0.2, 0.25) is 5.02 Å². The van der Waals surface area contributed by atoms with E-state index in [1.807, 2.05) is 30.3 Å². The number of methoxy groups -OCH3 is 1. The fourth-order valence-electron chi connectivity index (χ4n) is 6.39. The molecule has 11 heteroatoms. The summed E-state index contributed by atoms with van der Waals surface area (Å²) in [5.74, 6) is 0.00822. The van der Waals surface area contributed by atoms with Crippen molar-refractivity contribution in [3.05, 3.63) is 94.0 Å². The molecule has 0 spiro atoms. The highest BCUT2D eigenvalue weighted by Gasteiger charge is 2.46. The number of halogens is 4. The lowest BCUT2D eigenvalue weighted by Crippen LogP contribution is -2.43. The SMILES string of the molecule is COc1cc2nc(-c3cccc(C(F)(F)F)c3)c(CN3CCC(NCCO)CC3)c(C(=O)NC3(c4ccccc4)CC3)c2cc1Cl. The van der Waals surface area contributed by atoms with E-state index in [0.717, 1.165) is 43.4 Å². The van der Waals surface area contributed by atoms with Gasteiger partial charge in [-0.15, -0.1) is 0 Å². The first kappa shape index (κ1) is 32.2. The van der Waals surface area contributed by atoms with Gasteiger partial charge in [0.1, 0.15) is 5.75 Å². The van der Waals surface area contributed by atoms with Crippen molar-refractivity contribution in [2.45, 2.75) is 50.0 Å². The van der Waals surface area contributed by atoms with Crippen molar-refractivity contribution < 1.29 is 27.8 Å². The lowest BCUT2D eigenvalue weighted by Gasteiger charge is -2.33. The van der Waals surface area contributed by atoms with Gasteiger partial charge in [-0.1, -0.05) is 54.1 Å². The average molecular weight is 653 g/mol. The number of aromatic nitrogens is 1. The van der Waals surface area contributed by atoms with Crippen LogP contribution in [0.5, 0.6) is 5.75 Å². The van der Waals surface area contributed by atoms with E-state index in [1.165, 1.54) is 13.2 Å². The molecule has 1 aromatic heterocycles. The van der Waals surface area contributed by atoms with Gasteiger partial charge in [0, 0.05) is 41.7 Å². The molecule has 0 bridgehead atoms. The summed E-state index contributed by atoms with van der Waals surface area (Å²) in [5.41, 5.74) is 1.50. The van der Waals surface area contributed by atoms with Crippen molar-refractivity contribution in [2.24, 2.45) is 0 Å². The fourth-order valence-corrected chi connectivity index (χ4v) is 6.63. The first-order valence-corrected chi connectivity index (χ1v) is 15.8. The Morgan fingerprint density at radius 3 is 2.48 bits per heavy atom. The number of carbonyl (C=O) groups is 1. The molecule has 242 valence electrons. The molecule has 3 N–H and O–H groups in total. The quantitative estimate of drug-likeness (QED) is 0.180. The third-order valence-corrected chi connectivity index (χ3v) is 9.29. The summed E-state index contributed by atoms with van der Waals surface area (Å²) in [4.78, 5) is 21.6. The molecular formula is C35H36ClF3N4O3. The summed E-state index contributed by atoms with van der Waals surface area (Å²) in [5, 5.41) is 16.7. The van der Waals surface area contributed by atoms with Crippen molar-refractivity contribution in [2.75, 3.05) is 33.4 Å². The Hall–Kier alpha value is -3.70. The number of fused-ring (bicyclic) bond motifs is 1. The van der Waals surface area contributed by atoms with Gasteiger partial charge in [-0.3, -0.25) is 9.69 Å². The van der Waals surface area contributed by atoms with Gasteiger partial charge >= 0.3 is 6.18 Å². The van der Waals surface area contributed by atoms with E-state index in [1.54, 1.807) is 18.2 Å². The maximum Gasteiger partial charge on any atom is 0.416 e. The van der Waals surface area contributed by atoms with Gasteiger partial charge in [0.2, 0.25) is 0 Å². The summed E-state index contributed by atoms with van der Waals surface area (Å²) in [6, 6.07) is 18.4. The van der Waals surface area contributed by atoms with E-state index in [9.17, 15) is 23.1 Å². The largest absolute Gasteiger partial charge is 0.495 e. The molecule has 0 unspecified atom stereocenters. The Morgan fingerprint density at radius 2 is 1.83 bits per heavy atom. The molecule has 1 amide bonds. The van der Waals surface area contributed by atoms with Crippen LogP contribution in [0.25, 0.3) is 22.2 Å². The monoisotopic (exact) mass is 652 g/mol. The number of rotatable bonds is 10. The third kappa shape index (κ3) is 6.71. The van der Waals surface area contributed by atoms with Crippen molar-refractivity contribution in [1.29, 1.82) is 0 Å². The highest BCUT2D eigenvalue weighted by atomic mass is 35.5.